The van der Waals surface area contributed by atoms with Crippen molar-refractivity contribution in [2.24, 2.45) is 0 Å². The third-order valence-electron chi connectivity index (χ3n) is 5.10. The lowest BCUT2D eigenvalue weighted by atomic mass is 10.0. The predicted molar refractivity (Wildman–Crippen MR) is 117 cm³/mol. The van der Waals surface area contributed by atoms with Crippen LogP contribution < -0.4 is 15.7 Å². The first-order chi connectivity index (χ1) is 14.1. The van der Waals surface area contributed by atoms with E-state index in [-0.39, 0.29) is 5.63 Å². The van der Waals surface area contributed by atoms with Gasteiger partial charge in [0.1, 0.15) is 17.9 Å². The molecule has 29 heavy (non-hydrogen) atoms. The number of benzene rings is 3. The Labute approximate surface area is 169 Å². The van der Waals surface area contributed by atoms with Gasteiger partial charge in [0.2, 0.25) is 0 Å². The number of fused-ring (bicyclic) bond motifs is 1. The zero-order chi connectivity index (χ0) is 20.2. The number of anilines is 1. The van der Waals surface area contributed by atoms with Crippen LogP contribution in [0.2, 0.25) is 0 Å². The van der Waals surface area contributed by atoms with Gasteiger partial charge in [-0.25, -0.2) is 4.79 Å². The van der Waals surface area contributed by atoms with Gasteiger partial charge < -0.3 is 14.5 Å². The number of hydrogen-bond acceptors (Lipinski definition) is 4. The molecule has 4 nitrogen and oxygen atoms in total. The summed E-state index contributed by atoms with van der Waals surface area (Å²) in [4.78, 5) is 12.0. The summed E-state index contributed by atoms with van der Waals surface area (Å²) in [5, 5.41) is 4.34. The quantitative estimate of drug-likeness (QED) is 0.439. The Bertz CT molecular complexity index is 1180. The van der Waals surface area contributed by atoms with Crippen molar-refractivity contribution in [1.29, 1.82) is 0 Å². The molecule has 0 spiro atoms. The van der Waals surface area contributed by atoms with Gasteiger partial charge in [0.25, 0.3) is 0 Å². The van der Waals surface area contributed by atoms with Gasteiger partial charge >= 0.3 is 5.63 Å². The van der Waals surface area contributed by atoms with Crippen molar-refractivity contribution in [2.75, 3.05) is 5.32 Å². The van der Waals surface area contributed by atoms with Crippen LogP contribution in [0.15, 0.2) is 82.0 Å². The zero-order valence-corrected chi connectivity index (χ0v) is 16.6. The lowest BCUT2D eigenvalue weighted by Crippen LogP contribution is -2.06. The maximum Gasteiger partial charge on any atom is 0.336 e. The van der Waals surface area contributed by atoms with Gasteiger partial charge in [-0.1, -0.05) is 42.5 Å². The molecule has 0 radical (unpaired) electrons. The van der Waals surface area contributed by atoms with Gasteiger partial charge in [0.05, 0.1) is 0 Å². The third kappa shape index (κ3) is 4.32. The highest BCUT2D eigenvalue weighted by atomic mass is 16.5. The molecule has 3 aromatic carbocycles. The lowest BCUT2D eigenvalue weighted by Gasteiger charge is -2.11. The normalized spacial score (nSPS) is 10.8. The van der Waals surface area contributed by atoms with Gasteiger partial charge in [-0.3, -0.25) is 0 Å². The fourth-order valence-corrected chi connectivity index (χ4v) is 3.28. The second kappa shape index (κ2) is 8.23. The summed E-state index contributed by atoms with van der Waals surface area (Å²) in [6.45, 7) is 5.07. The molecule has 0 fully saturated rings. The average Bonchev–Trinajstić information content (AvgIpc) is 2.75. The minimum atomic E-state index is -0.326. The van der Waals surface area contributed by atoms with Crippen LogP contribution in [-0.2, 0) is 13.2 Å². The number of hydrogen-bond donors (Lipinski definition) is 1. The standard InChI is InChI=1S/C25H23NO3/c1-17-8-13-23-20(14-24(27)29-25(23)18(17)2)15-26-21-9-11-22(12-10-21)28-16-19-6-4-3-5-7-19/h3-14,26H,15-16H2,1-2H3. The van der Waals surface area contributed by atoms with Gasteiger partial charge in [-0.15, -0.1) is 0 Å². The Morgan fingerprint density at radius 3 is 2.45 bits per heavy atom. The summed E-state index contributed by atoms with van der Waals surface area (Å²) < 4.78 is 11.3. The van der Waals surface area contributed by atoms with Crippen LogP contribution in [0.1, 0.15) is 22.3 Å². The molecule has 0 unspecified atom stereocenters. The van der Waals surface area contributed by atoms with Crippen molar-refractivity contribution >= 4 is 16.7 Å². The molecule has 146 valence electrons. The predicted octanol–water partition coefficient (Wildman–Crippen LogP) is 5.60. The van der Waals surface area contributed by atoms with Gasteiger partial charge in [-0.05, 0) is 60.4 Å². The summed E-state index contributed by atoms with van der Waals surface area (Å²) in [7, 11) is 0. The Kier molecular flexibility index (Phi) is 5.34. The van der Waals surface area contributed by atoms with Crippen molar-refractivity contribution in [2.45, 2.75) is 27.0 Å². The Morgan fingerprint density at radius 2 is 1.69 bits per heavy atom. The zero-order valence-electron chi connectivity index (χ0n) is 16.6. The van der Waals surface area contributed by atoms with Crippen LogP contribution >= 0.6 is 0 Å². The average molecular weight is 385 g/mol. The summed E-state index contributed by atoms with van der Waals surface area (Å²) in [5.74, 6) is 0.816. The highest BCUT2D eigenvalue weighted by Crippen LogP contribution is 2.24. The molecule has 1 N–H and O–H groups in total. The molecule has 0 atom stereocenters. The molecule has 1 heterocycles. The highest BCUT2D eigenvalue weighted by Gasteiger charge is 2.09. The van der Waals surface area contributed by atoms with E-state index in [1.807, 2.05) is 74.5 Å². The smallest absolute Gasteiger partial charge is 0.336 e. The van der Waals surface area contributed by atoms with E-state index in [4.69, 9.17) is 9.15 Å². The maximum atomic E-state index is 12.0. The van der Waals surface area contributed by atoms with E-state index in [1.165, 1.54) is 0 Å². The van der Waals surface area contributed by atoms with E-state index < -0.39 is 0 Å². The van der Waals surface area contributed by atoms with Crippen LogP contribution in [0.4, 0.5) is 5.69 Å². The van der Waals surface area contributed by atoms with Crippen molar-refractivity contribution in [3.8, 4) is 5.75 Å². The minimum Gasteiger partial charge on any atom is -0.489 e. The van der Waals surface area contributed by atoms with E-state index >= 15 is 0 Å². The second-order valence-electron chi connectivity index (χ2n) is 7.13. The molecule has 0 aliphatic rings. The van der Waals surface area contributed by atoms with Crippen molar-refractivity contribution in [3.05, 3.63) is 105 Å². The first-order valence-electron chi connectivity index (χ1n) is 9.64. The molecule has 0 saturated carbocycles. The van der Waals surface area contributed by atoms with E-state index in [2.05, 4.69) is 11.4 Å². The molecule has 4 rings (SSSR count). The first-order valence-corrected chi connectivity index (χ1v) is 9.64. The van der Waals surface area contributed by atoms with Gasteiger partial charge in [0, 0.05) is 23.7 Å². The summed E-state index contributed by atoms with van der Waals surface area (Å²) in [6, 6.07) is 23.5. The number of ether oxygens (including phenoxy) is 1. The topological polar surface area (TPSA) is 51.5 Å². The Balaban J connectivity index is 1.45. The van der Waals surface area contributed by atoms with Crippen molar-refractivity contribution in [1.82, 2.24) is 0 Å². The van der Waals surface area contributed by atoms with Crippen LogP contribution in [0.3, 0.4) is 0 Å². The monoisotopic (exact) mass is 385 g/mol. The lowest BCUT2D eigenvalue weighted by molar-refractivity contribution is 0.306. The molecule has 0 aliphatic heterocycles. The molecular formula is C25H23NO3. The molecule has 4 aromatic rings. The van der Waals surface area contributed by atoms with Crippen LogP contribution in [0.5, 0.6) is 5.75 Å². The molecule has 0 saturated heterocycles. The largest absolute Gasteiger partial charge is 0.489 e. The minimum absolute atomic E-state index is 0.326. The highest BCUT2D eigenvalue weighted by molar-refractivity contribution is 5.84. The van der Waals surface area contributed by atoms with Gasteiger partial charge in [0.15, 0.2) is 0 Å². The van der Waals surface area contributed by atoms with E-state index in [9.17, 15) is 4.79 Å². The van der Waals surface area contributed by atoms with Crippen LogP contribution in [0.25, 0.3) is 11.0 Å². The molecule has 1 aromatic heterocycles. The van der Waals surface area contributed by atoms with Crippen LogP contribution in [0, 0.1) is 13.8 Å². The van der Waals surface area contributed by atoms with E-state index in [1.54, 1.807) is 6.07 Å². The molecule has 4 heteroatoms. The Hall–Kier alpha value is -3.53. The summed E-state index contributed by atoms with van der Waals surface area (Å²) >= 11 is 0. The second-order valence-corrected chi connectivity index (χ2v) is 7.13. The number of nitrogens with one attached hydrogen (secondary N) is 1. The van der Waals surface area contributed by atoms with Crippen molar-refractivity contribution in [3.63, 3.8) is 0 Å². The van der Waals surface area contributed by atoms with E-state index in [0.717, 1.165) is 39.1 Å². The fraction of sp³-hybridized carbons (Fsp3) is 0.160. The molecule has 0 amide bonds. The number of aryl methyl sites for hydroxylation is 2. The maximum absolute atomic E-state index is 12.0. The van der Waals surface area contributed by atoms with Crippen LogP contribution in [-0.4, -0.2) is 0 Å². The molecule has 0 bridgehead atoms. The van der Waals surface area contributed by atoms with Crippen molar-refractivity contribution < 1.29 is 9.15 Å². The van der Waals surface area contributed by atoms with Gasteiger partial charge in [-0.2, -0.15) is 0 Å². The summed E-state index contributed by atoms with van der Waals surface area (Å²) in [6.07, 6.45) is 0. The molecular weight excluding hydrogens is 362 g/mol. The Morgan fingerprint density at radius 1 is 0.931 bits per heavy atom. The first kappa shape index (κ1) is 18.8. The van der Waals surface area contributed by atoms with E-state index in [0.29, 0.717) is 18.7 Å². The SMILES string of the molecule is Cc1ccc2c(CNc3ccc(OCc4ccccc4)cc3)cc(=O)oc2c1C. The third-order valence-corrected chi connectivity index (χ3v) is 5.10. The molecule has 0 aliphatic carbocycles. The fourth-order valence-electron chi connectivity index (χ4n) is 3.28. The summed E-state index contributed by atoms with van der Waals surface area (Å²) in [5.41, 5.74) is 5.46. The number of rotatable bonds is 6.